The first kappa shape index (κ1) is 8.71. The molecule has 0 saturated carbocycles. The summed E-state index contributed by atoms with van der Waals surface area (Å²) in [5.41, 5.74) is 2.24. The Morgan fingerprint density at radius 2 is 2.42 bits per heavy atom. The van der Waals surface area contributed by atoms with Crippen LogP contribution in [0.2, 0.25) is 0 Å². The zero-order valence-corrected chi connectivity index (χ0v) is 7.39. The van der Waals surface area contributed by atoms with Crippen LogP contribution >= 0.6 is 0 Å². The van der Waals surface area contributed by atoms with Crippen molar-refractivity contribution in [2.45, 2.75) is 13.3 Å². The standard InChI is InChI=1S/C9H13N3/c1-3-7(10)9-8(11-2)5-4-6-12-9/h4-6,10-11H,3H2,1-2H3. The van der Waals surface area contributed by atoms with Crippen molar-refractivity contribution in [1.29, 1.82) is 5.41 Å². The van der Waals surface area contributed by atoms with Gasteiger partial charge >= 0.3 is 0 Å². The van der Waals surface area contributed by atoms with Crippen molar-refractivity contribution in [2.75, 3.05) is 12.4 Å². The average Bonchev–Trinajstić information content (AvgIpc) is 2.16. The summed E-state index contributed by atoms with van der Waals surface area (Å²) < 4.78 is 0. The SMILES string of the molecule is CCC(=N)c1ncccc1NC. The van der Waals surface area contributed by atoms with Crippen LogP contribution in [0.5, 0.6) is 0 Å². The van der Waals surface area contributed by atoms with E-state index in [9.17, 15) is 0 Å². The van der Waals surface area contributed by atoms with E-state index in [-0.39, 0.29) is 0 Å². The van der Waals surface area contributed by atoms with Gasteiger partial charge in [0, 0.05) is 13.2 Å². The fraction of sp³-hybridized carbons (Fsp3) is 0.333. The molecule has 0 aromatic carbocycles. The number of aromatic nitrogens is 1. The second-order valence-electron chi connectivity index (χ2n) is 2.48. The average molecular weight is 163 g/mol. The molecule has 0 spiro atoms. The highest BCUT2D eigenvalue weighted by atomic mass is 14.9. The van der Waals surface area contributed by atoms with Crippen LogP contribution in [0.3, 0.4) is 0 Å². The van der Waals surface area contributed by atoms with Crippen LogP contribution in [0.25, 0.3) is 0 Å². The van der Waals surface area contributed by atoms with Crippen LogP contribution in [-0.2, 0) is 0 Å². The van der Waals surface area contributed by atoms with Gasteiger partial charge in [0.25, 0.3) is 0 Å². The first-order valence-electron chi connectivity index (χ1n) is 4.00. The molecule has 0 aliphatic rings. The Hall–Kier alpha value is -1.38. The second kappa shape index (κ2) is 3.85. The Morgan fingerprint density at radius 1 is 1.67 bits per heavy atom. The van der Waals surface area contributed by atoms with Gasteiger partial charge in [-0.3, -0.25) is 4.98 Å². The summed E-state index contributed by atoms with van der Waals surface area (Å²) in [7, 11) is 1.84. The zero-order chi connectivity index (χ0) is 8.97. The number of hydrogen-bond acceptors (Lipinski definition) is 3. The summed E-state index contributed by atoms with van der Waals surface area (Å²) in [6.45, 7) is 1.95. The second-order valence-corrected chi connectivity index (χ2v) is 2.48. The molecule has 1 aromatic rings. The molecule has 0 saturated heterocycles. The molecule has 64 valence electrons. The first-order chi connectivity index (χ1) is 5.79. The van der Waals surface area contributed by atoms with Crippen LogP contribution in [0.1, 0.15) is 19.0 Å². The lowest BCUT2D eigenvalue weighted by atomic mass is 10.1. The highest BCUT2D eigenvalue weighted by molar-refractivity contribution is 6.00. The summed E-state index contributed by atoms with van der Waals surface area (Å²) in [6.07, 6.45) is 2.42. The van der Waals surface area contributed by atoms with E-state index >= 15 is 0 Å². The van der Waals surface area contributed by atoms with E-state index in [4.69, 9.17) is 5.41 Å². The van der Waals surface area contributed by atoms with Crippen molar-refractivity contribution in [2.24, 2.45) is 0 Å². The van der Waals surface area contributed by atoms with Crippen molar-refractivity contribution >= 4 is 11.4 Å². The number of anilines is 1. The van der Waals surface area contributed by atoms with Gasteiger partial charge in [-0.25, -0.2) is 0 Å². The summed E-state index contributed by atoms with van der Waals surface area (Å²) in [5.74, 6) is 0. The topological polar surface area (TPSA) is 48.8 Å². The molecule has 3 heteroatoms. The van der Waals surface area contributed by atoms with Gasteiger partial charge in [0.2, 0.25) is 0 Å². The van der Waals surface area contributed by atoms with Crippen molar-refractivity contribution in [3.63, 3.8) is 0 Å². The molecule has 0 aliphatic carbocycles. The Labute approximate surface area is 72.3 Å². The monoisotopic (exact) mass is 163 g/mol. The molecule has 3 nitrogen and oxygen atoms in total. The highest BCUT2D eigenvalue weighted by Gasteiger charge is 2.04. The van der Waals surface area contributed by atoms with Gasteiger partial charge in [0.1, 0.15) is 5.69 Å². The van der Waals surface area contributed by atoms with Gasteiger partial charge in [-0.2, -0.15) is 0 Å². The molecule has 0 amide bonds. The number of rotatable bonds is 3. The van der Waals surface area contributed by atoms with E-state index < -0.39 is 0 Å². The Morgan fingerprint density at radius 3 is 3.00 bits per heavy atom. The minimum absolute atomic E-state index is 0.569. The Kier molecular flexibility index (Phi) is 2.80. The van der Waals surface area contributed by atoms with Crippen molar-refractivity contribution in [1.82, 2.24) is 4.98 Å². The van der Waals surface area contributed by atoms with Gasteiger partial charge in [-0.15, -0.1) is 0 Å². The number of pyridine rings is 1. The van der Waals surface area contributed by atoms with Crippen molar-refractivity contribution in [3.05, 3.63) is 24.0 Å². The molecule has 1 heterocycles. The molecular formula is C9H13N3. The Balaban J connectivity index is 3.04. The molecule has 0 bridgehead atoms. The summed E-state index contributed by atoms with van der Waals surface area (Å²) in [4.78, 5) is 4.13. The number of nitrogens with zero attached hydrogens (tertiary/aromatic N) is 1. The molecule has 0 unspecified atom stereocenters. The van der Waals surface area contributed by atoms with Gasteiger partial charge in [-0.05, 0) is 18.6 Å². The minimum atomic E-state index is 0.569. The summed E-state index contributed by atoms with van der Waals surface area (Å²) >= 11 is 0. The first-order valence-corrected chi connectivity index (χ1v) is 4.00. The maximum Gasteiger partial charge on any atom is 0.107 e. The van der Waals surface area contributed by atoms with E-state index in [2.05, 4.69) is 10.3 Å². The third-order valence-electron chi connectivity index (χ3n) is 1.72. The summed E-state index contributed by atoms with van der Waals surface area (Å²) in [5, 5.41) is 10.6. The lowest BCUT2D eigenvalue weighted by molar-refractivity contribution is 1.18. The molecule has 0 radical (unpaired) electrons. The van der Waals surface area contributed by atoms with E-state index in [1.165, 1.54) is 0 Å². The van der Waals surface area contributed by atoms with Crippen LogP contribution in [-0.4, -0.2) is 17.7 Å². The largest absolute Gasteiger partial charge is 0.386 e. The van der Waals surface area contributed by atoms with E-state index in [0.717, 1.165) is 11.4 Å². The van der Waals surface area contributed by atoms with Gasteiger partial charge in [0.15, 0.2) is 0 Å². The van der Waals surface area contributed by atoms with Crippen molar-refractivity contribution < 1.29 is 0 Å². The predicted octanol–water partition coefficient (Wildman–Crippen LogP) is 1.90. The normalized spacial score (nSPS) is 9.50. The molecule has 12 heavy (non-hydrogen) atoms. The maximum atomic E-state index is 7.62. The lowest BCUT2D eigenvalue weighted by Gasteiger charge is -2.06. The van der Waals surface area contributed by atoms with Gasteiger partial charge in [-0.1, -0.05) is 6.92 Å². The van der Waals surface area contributed by atoms with Crippen LogP contribution in [0, 0.1) is 5.41 Å². The Bertz CT molecular complexity index is 281. The third kappa shape index (κ3) is 1.61. The smallest absolute Gasteiger partial charge is 0.107 e. The van der Waals surface area contributed by atoms with E-state index in [1.807, 2.05) is 26.1 Å². The van der Waals surface area contributed by atoms with Crippen LogP contribution in [0.15, 0.2) is 18.3 Å². The fourth-order valence-electron chi connectivity index (χ4n) is 1.01. The number of hydrogen-bond donors (Lipinski definition) is 2. The van der Waals surface area contributed by atoms with Crippen LogP contribution < -0.4 is 5.32 Å². The molecule has 0 fully saturated rings. The minimum Gasteiger partial charge on any atom is -0.386 e. The summed E-state index contributed by atoms with van der Waals surface area (Å²) in [6, 6.07) is 3.78. The fourth-order valence-corrected chi connectivity index (χ4v) is 1.01. The van der Waals surface area contributed by atoms with E-state index in [1.54, 1.807) is 6.20 Å². The predicted molar refractivity (Wildman–Crippen MR) is 50.9 cm³/mol. The third-order valence-corrected chi connectivity index (χ3v) is 1.72. The molecule has 0 aliphatic heterocycles. The van der Waals surface area contributed by atoms with E-state index in [0.29, 0.717) is 12.1 Å². The highest BCUT2D eigenvalue weighted by Crippen LogP contribution is 2.12. The van der Waals surface area contributed by atoms with Gasteiger partial charge in [0.05, 0.1) is 11.4 Å². The molecule has 2 N–H and O–H groups in total. The maximum absolute atomic E-state index is 7.62. The molecular weight excluding hydrogens is 150 g/mol. The lowest BCUT2D eigenvalue weighted by Crippen LogP contribution is -2.04. The quantitative estimate of drug-likeness (QED) is 0.668. The number of nitrogens with one attached hydrogen (secondary N) is 2. The molecule has 1 rings (SSSR count). The van der Waals surface area contributed by atoms with Crippen LogP contribution in [0.4, 0.5) is 5.69 Å². The van der Waals surface area contributed by atoms with Gasteiger partial charge < -0.3 is 10.7 Å². The zero-order valence-electron chi connectivity index (χ0n) is 7.39. The molecule has 0 atom stereocenters. The van der Waals surface area contributed by atoms with Crippen molar-refractivity contribution in [3.8, 4) is 0 Å². The molecule has 1 aromatic heterocycles.